The lowest BCUT2D eigenvalue weighted by atomic mass is 10.0. The third-order valence-corrected chi connectivity index (χ3v) is 4.47. The van der Waals surface area contributed by atoms with Gasteiger partial charge in [-0.15, -0.1) is 0 Å². The maximum Gasteiger partial charge on any atom is 0.230 e. The Labute approximate surface area is 143 Å². The summed E-state index contributed by atoms with van der Waals surface area (Å²) in [4.78, 5) is 0. The van der Waals surface area contributed by atoms with Gasteiger partial charge in [-0.25, -0.2) is 0 Å². The van der Waals surface area contributed by atoms with E-state index in [2.05, 4.69) is 37.0 Å². The molecule has 3 nitrogen and oxygen atoms in total. The van der Waals surface area contributed by atoms with Crippen LogP contribution in [-0.4, -0.2) is 5.16 Å². The fourth-order valence-electron chi connectivity index (χ4n) is 2.06. The van der Waals surface area contributed by atoms with E-state index in [1.54, 1.807) is 0 Å². The van der Waals surface area contributed by atoms with Gasteiger partial charge in [-0.3, -0.25) is 0 Å². The van der Waals surface area contributed by atoms with E-state index in [9.17, 15) is 0 Å². The summed E-state index contributed by atoms with van der Waals surface area (Å²) >= 11 is 12.9. The molecule has 2 aromatic carbocycles. The number of benzene rings is 2. The predicted molar refractivity (Wildman–Crippen MR) is 92.2 cm³/mol. The lowest BCUT2D eigenvalue weighted by Gasteiger charge is -2.06. The molecule has 1 aromatic heterocycles. The Hall–Kier alpha value is -1.30. The van der Waals surface area contributed by atoms with E-state index >= 15 is 0 Å². The molecular formula is C15H9Br2ClN2O. The van der Waals surface area contributed by atoms with Crippen LogP contribution >= 0.6 is 43.5 Å². The second-order valence-corrected chi connectivity index (χ2v) is 6.61. The Morgan fingerprint density at radius 2 is 1.76 bits per heavy atom. The molecule has 0 spiro atoms. The van der Waals surface area contributed by atoms with Gasteiger partial charge in [0, 0.05) is 19.5 Å². The fourth-order valence-corrected chi connectivity index (χ4v) is 2.98. The van der Waals surface area contributed by atoms with Crippen molar-refractivity contribution in [1.82, 2.24) is 5.16 Å². The summed E-state index contributed by atoms with van der Waals surface area (Å²) in [7, 11) is 0. The second-order valence-electron chi connectivity index (χ2n) is 4.40. The molecule has 3 rings (SSSR count). The van der Waals surface area contributed by atoms with Crippen LogP contribution in [0.2, 0.25) is 5.02 Å². The van der Waals surface area contributed by atoms with Gasteiger partial charge >= 0.3 is 0 Å². The van der Waals surface area contributed by atoms with Gasteiger partial charge in [0.1, 0.15) is 5.69 Å². The summed E-state index contributed by atoms with van der Waals surface area (Å²) in [5.74, 6) is 0.277. The minimum Gasteiger partial charge on any atom is -0.367 e. The Balaban J connectivity index is 2.21. The van der Waals surface area contributed by atoms with Crippen molar-refractivity contribution in [2.24, 2.45) is 0 Å². The van der Waals surface area contributed by atoms with E-state index < -0.39 is 0 Å². The number of anilines is 1. The maximum atomic E-state index is 5.95. The van der Waals surface area contributed by atoms with Gasteiger partial charge in [0.15, 0.2) is 0 Å². The number of hydrogen-bond donors (Lipinski definition) is 1. The van der Waals surface area contributed by atoms with Crippen LogP contribution in [0.4, 0.5) is 5.88 Å². The second kappa shape index (κ2) is 5.83. The Bertz CT molecular complexity index is 800. The largest absolute Gasteiger partial charge is 0.367 e. The lowest BCUT2D eigenvalue weighted by molar-refractivity contribution is 0.439. The molecular weight excluding hydrogens is 419 g/mol. The standard InChI is InChI=1S/C15H9Br2ClN2O/c16-9-3-6-12(17)11(7-9)14-13(15(19)21-20-14)8-1-4-10(18)5-2-8/h1-7H,19H2. The molecule has 6 heteroatoms. The average molecular weight is 429 g/mol. The Morgan fingerprint density at radius 3 is 2.48 bits per heavy atom. The number of nitrogens with zero attached hydrogens (tertiary/aromatic N) is 1. The van der Waals surface area contributed by atoms with Crippen LogP contribution in [0.5, 0.6) is 0 Å². The molecule has 0 radical (unpaired) electrons. The Kier molecular flexibility index (Phi) is 4.06. The fraction of sp³-hybridized carbons (Fsp3) is 0. The van der Waals surface area contributed by atoms with Crippen LogP contribution < -0.4 is 5.73 Å². The van der Waals surface area contributed by atoms with Crippen LogP contribution in [-0.2, 0) is 0 Å². The van der Waals surface area contributed by atoms with Crippen molar-refractivity contribution in [3.05, 3.63) is 56.4 Å². The van der Waals surface area contributed by atoms with Crippen LogP contribution in [0, 0.1) is 0 Å². The summed E-state index contributed by atoms with van der Waals surface area (Å²) in [5.41, 5.74) is 9.19. The zero-order valence-corrected chi connectivity index (χ0v) is 14.5. The van der Waals surface area contributed by atoms with Crippen LogP contribution in [0.15, 0.2) is 55.9 Å². The molecule has 0 bridgehead atoms. The van der Waals surface area contributed by atoms with Crippen LogP contribution in [0.1, 0.15) is 0 Å². The molecule has 0 atom stereocenters. The van der Waals surface area contributed by atoms with E-state index in [0.29, 0.717) is 10.7 Å². The van der Waals surface area contributed by atoms with Gasteiger partial charge in [-0.05, 0) is 35.9 Å². The third-order valence-electron chi connectivity index (χ3n) is 3.03. The minimum atomic E-state index is 0.277. The van der Waals surface area contributed by atoms with Gasteiger partial charge in [0.2, 0.25) is 5.88 Å². The summed E-state index contributed by atoms with van der Waals surface area (Å²) in [6.07, 6.45) is 0. The van der Waals surface area contributed by atoms with Gasteiger partial charge in [0.05, 0.1) is 5.56 Å². The van der Waals surface area contributed by atoms with Crippen LogP contribution in [0.25, 0.3) is 22.4 Å². The normalized spacial score (nSPS) is 10.8. The summed E-state index contributed by atoms with van der Waals surface area (Å²) in [6, 6.07) is 13.2. The van der Waals surface area contributed by atoms with E-state index in [1.165, 1.54) is 0 Å². The average Bonchev–Trinajstić information content (AvgIpc) is 2.84. The molecule has 0 unspecified atom stereocenters. The first-order valence-electron chi connectivity index (χ1n) is 6.03. The molecule has 0 aliphatic heterocycles. The topological polar surface area (TPSA) is 52.0 Å². The van der Waals surface area contributed by atoms with Crippen molar-refractivity contribution in [2.45, 2.75) is 0 Å². The highest BCUT2D eigenvalue weighted by Gasteiger charge is 2.19. The smallest absolute Gasteiger partial charge is 0.230 e. The van der Waals surface area contributed by atoms with Crippen molar-refractivity contribution < 1.29 is 4.52 Å². The monoisotopic (exact) mass is 426 g/mol. The molecule has 106 valence electrons. The predicted octanol–water partition coefficient (Wildman–Crippen LogP) is 5.77. The van der Waals surface area contributed by atoms with Gasteiger partial charge in [0.25, 0.3) is 0 Å². The molecule has 0 amide bonds. The molecule has 0 aliphatic carbocycles. The molecule has 0 aliphatic rings. The SMILES string of the molecule is Nc1onc(-c2cc(Br)ccc2Br)c1-c1ccc(Cl)cc1. The summed E-state index contributed by atoms with van der Waals surface area (Å²) < 4.78 is 7.05. The highest BCUT2D eigenvalue weighted by atomic mass is 79.9. The number of hydrogen-bond acceptors (Lipinski definition) is 3. The zero-order chi connectivity index (χ0) is 15.0. The van der Waals surface area contributed by atoms with Gasteiger partial charge < -0.3 is 10.3 Å². The third kappa shape index (κ3) is 2.86. The minimum absolute atomic E-state index is 0.277. The number of nitrogen functional groups attached to an aromatic ring is 1. The molecule has 1 heterocycles. The quantitative estimate of drug-likeness (QED) is 0.564. The molecule has 0 fully saturated rings. The summed E-state index contributed by atoms with van der Waals surface area (Å²) in [5, 5.41) is 4.77. The first-order valence-corrected chi connectivity index (χ1v) is 7.99. The molecule has 0 saturated carbocycles. The molecule has 3 aromatic rings. The lowest BCUT2D eigenvalue weighted by Crippen LogP contribution is -1.88. The number of rotatable bonds is 2. The highest BCUT2D eigenvalue weighted by molar-refractivity contribution is 9.11. The Morgan fingerprint density at radius 1 is 1.05 bits per heavy atom. The highest BCUT2D eigenvalue weighted by Crippen LogP contribution is 2.40. The molecule has 21 heavy (non-hydrogen) atoms. The number of aromatic nitrogens is 1. The molecule has 0 saturated heterocycles. The van der Waals surface area contributed by atoms with E-state index in [-0.39, 0.29) is 5.88 Å². The first-order chi connectivity index (χ1) is 10.1. The maximum absolute atomic E-state index is 5.95. The van der Waals surface area contributed by atoms with Crippen molar-refractivity contribution >= 4 is 49.3 Å². The molecule has 2 N–H and O–H groups in total. The van der Waals surface area contributed by atoms with Crippen molar-refractivity contribution in [3.63, 3.8) is 0 Å². The van der Waals surface area contributed by atoms with Crippen molar-refractivity contribution in [1.29, 1.82) is 0 Å². The van der Waals surface area contributed by atoms with Gasteiger partial charge in [-0.1, -0.05) is 60.8 Å². The van der Waals surface area contributed by atoms with Crippen LogP contribution in [0.3, 0.4) is 0 Å². The van der Waals surface area contributed by atoms with Gasteiger partial charge in [-0.2, -0.15) is 0 Å². The van der Waals surface area contributed by atoms with Crippen molar-refractivity contribution in [3.8, 4) is 22.4 Å². The summed E-state index contributed by atoms with van der Waals surface area (Å²) in [6.45, 7) is 0. The van der Waals surface area contributed by atoms with E-state index in [0.717, 1.165) is 25.6 Å². The van der Waals surface area contributed by atoms with E-state index in [4.69, 9.17) is 21.9 Å². The van der Waals surface area contributed by atoms with Crippen molar-refractivity contribution in [2.75, 3.05) is 5.73 Å². The van der Waals surface area contributed by atoms with E-state index in [1.807, 2.05) is 42.5 Å². The number of nitrogens with two attached hydrogens (primary N) is 1. The first kappa shape index (κ1) is 14.6. The number of halogens is 3. The zero-order valence-electron chi connectivity index (χ0n) is 10.6.